The van der Waals surface area contributed by atoms with Crippen molar-refractivity contribution in [1.29, 1.82) is 42.1 Å². The molecule has 18 rings (SSSR count). The molecule has 122 heavy (non-hydrogen) atoms. The lowest BCUT2D eigenvalue weighted by Gasteiger charge is -2.21. The van der Waals surface area contributed by atoms with Crippen LogP contribution in [0.1, 0.15) is 0 Å². The molecule has 0 N–H and O–H groups in total. The van der Waals surface area contributed by atoms with Gasteiger partial charge in [-0.25, -0.2) is 35.1 Å². The molecule has 0 radical (unpaired) electrons. The lowest BCUT2D eigenvalue weighted by Crippen LogP contribution is -2.31. The van der Waals surface area contributed by atoms with Gasteiger partial charge in [0.25, 0.3) is 0 Å². The smallest absolute Gasteiger partial charge is 0.171 e. The van der Waals surface area contributed by atoms with Crippen molar-refractivity contribution in [2.24, 2.45) is 0 Å². The van der Waals surface area contributed by atoms with Crippen molar-refractivity contribution in [3.8, 4) is 93.8 Å². The van der Waals surface area contributed by atoms with Crippen LogP contribution >= 0.6 is 188 Å². The highest BCUT2D eigenvalue weighted by Gasteiger charge is 2.36. The highest BCUT2D eigenvalue weighted by Crippen LogP contribution is 2.67. The van der Waals surface area contributed by atoms with Crippen LogP contribution in [-0.2, 0) is 0 Å². The molecule has 608 valence electrons. The molecule has 8 heterocycles. The van der Waals surface area contributed by atoms with E-state index < -0.39 is 89.7 Å². The Kier molecular flexibility index (Phi) is 31.4. The summed E-state index contributed by atoms with van der Waals surface area (Å²) in [6.45, 7) is 2.18. The van der Waals surface area contributed by atoms with Crippen LogP contribution in [0, 0.1) is 137 Å². The van der Waals surface area contributed by atoms with Crippen LogP contribution in [0.25, 0.3) is 87.6 Å². The molecule has 0 bridgehead atoms. The Morgan fingerprint density at radius 2 is 0.443 bits per heavy atom. The molecule has 36 heteroatoms. The molecule has 0 saturated carbocycles. The fourth-order valence-electron chi connectivity index (χ4n) is 12.7. The zero-order chi connectivity index (χ0) is 86.4. The van der Waals surface area contributed by atoms with Gasteiger partial charge < -0.3 is 18.9 Å². The molecule has 0 saturated heterocycles. The van der Waals surface area contributed by atoms with Crippen LogP contribution in [0.4, 0.5) is 35.1 Å². The number of ether oxygens (including phenoxy) is 4. The second-order valence-corrected chi connectivity index (χ2v) is 41.2. The number of benzene rings is 10. The van der Waals surface area contributed by atoms with Gasteiger partial charge in [-0.1, -0.05) is 215 Å². The third-order valence-corrected chi connectivity index (χ3v) is 35.8. The Morgan fingerprint density at radius 3 is 0.631 bits per heavy atom. The van der Waals surface area contributed by atoms with Crippen LogP contribution in [0.2, 0.25) is 0 Å². The van der Waals surface area contributed by atoms with Gasteiger partial charge in [0.15, 0.2) is 46.5 Å². The normalized spacial score (nSPS) is 15.1. The average molecular weight is 1930 g/mol. The number of halogens is 12. The molecule has 0 aliphatic carbocycles. The van der Waals surface area contributed by atoms with Gasteiger partial charge in [0.05, 0.1) is 65.5 Å². The summed E-state index contributed by atoms with van der Waals surface area (Å²) in [6, 6.07) is 60.2. The van der Waals surface area contributed by atoms with Crippen molar-refractivity contribution in [2.75, 3.05) is 60.1 Å². The number of thioether (sulfide) groups is 12. The van der Waals surface area contributed by atoms with Gasteiger partial charge in [-0.15, -0.1) is 93.5 Å². The largest absolute Gasteiger partial charge is 0.488 e. The molecular formula is C86H44Cl4F8N8O4S12. The van der Waals surface area contributed by atoms with E-state index in [1.807, 2.05) is 141 Å². The summed E-state index contributed by atoms with van der Waals surface area (Å²) in [5, 5.41) is 71.9. The fraction of sp³-hybridized carbons (Fsp3) is 0.116. The maximum absolute atomic E-state index is 13.6. The Labute approximate surface area is 762 Å². The lowest BCUT2D eigenvalue weighted by molar-refractivity contribution is 0.343. The molecule has 0 amide bonds. The topological polar surface area (TPSA) is 227 Å². The number of alkyl halides is 4. The molecule has 0 spiro atoms. The lowest BCUT2D eigenvalue weighted by atomic mass is 9.92. The van der Waals surface area contributed by atoms with Crippen molar-refractivity contribution in [3.05, 3.63) is 267 Å². The van der Waals surface area contributed by atoms with Crippen LogP contribution < -0.4 is 39.8 Å². The minimum Gasteiger partial charge on any atom is -0.488 e. The van der Waals surface area contributed by atoms with Gasteiger partial charge in [0.1, 0.15) is 120 Å². The van der Waals surface area contributed by atoms with Gasteiger partial charge in [-0.3, -0.25) is 0 Å². The zero-order valence-electron chi connectivity index (χ0n) is 61.6. The van der Waals surface area contributed by atoms with Gasteiger partial charge in [0, 0.05) is 64.9 Å². The van der Waals surface area contributed by atoms with E-state index in [4.69, 9.17) is 107 Å². The standard InChI is InChI=1S/2C30H20O2S6.2C12F4N4.2CH2Cl2/c2*1-3-7-19-17(5-1)9-11-21-25(19)26-20-8-4-2-6-18(20)10-12-22(26)32-16-24-23(15-31-21)35-29(36-24)30-37-27-28(38-30)34-14-13-33-27;2*13-9-7(5(1-17)2-18)10(14)12(16)8(11(9)15)6(3-19)4-20;2*2-1-3/h2*1-12H,13-16H2;;;2*1H2. The van der Waals surface area contributed by atoms with E-state index in [1.54, 1.807) is 0 Å². The van der Waals surface area contributed by atoms with E-state index in [1.165, 1.54) is 120 Å². The number of hydrogen-bond donors (Lipinski definition) is 0. The highest BCUT2D eigenvalue weighted by atomic mass is 35.5. The highest BCUT2D eigenvalue weighted by molar-refractivity contribution is 8.44. The Bertz CT molecular complexity index is 6010. The van der Waals surface area contributed by atoms with Crippen molar-refractivity contribution in [3.63, 3.8) is 0 Å². The predicted octanol–water partition coefficient (Wildman–Crippen LogP) is 24.8. The minimum absolute atomic E-state index is 0.194. The molecule has 12 nitrogen and oxygen atoms in total. The van der Waals surface area contributed by atoms with Crippen molar-refractivity contribution in [2.45, 2.75) is 0 Å². The average Bonchev–Trinajstić information content (AvgIpc) is 0.768. The Balaban J connectivity index is 0.000000143. The van der Waals surface area contributed by atoms with Crippen molar-refractivity contribution < 1.29 is 54.1 Å². The van der Waals surface area contributed by atoms with Crippen molar-refractivity contribution in [1.82, 2.24) is 0 Å². The number of hydrogen-bond acceptors (Lipinski definition) is 24. The molecule has 8 aliphatic rings. The second kappa shape index (κ2) is 42.2. The molecule has 0 fully saturated rings. The third kappa shape index (κ3) is 19.2. The van der Waals surface area contributed by atoms with Gasteiger partial charge in [-0.05, 0) is 67.4 Å². The Hall–Kier alpha value is -8.92. The van der Waals surface area contributed by atoms with E-state index in [0.717, 1.165) is 93.8 Å². The van der Waals surface area contributed by atoms with E-state index in [2.05, 4.69) is 146 Å². The fourth-order valence-corrected chi connectivity index (χ4v) is 30.3. The third-order valence-electron chi connectivity index (χ3n) is 17.9. The number of nitriles is 8. The van der Waals surface area contributed by atoms with Crippen LogP contribution in [-0.4, -0.2) is 60.1 Å². The monoisotopic (exact) mass is 1930 g/mol. The predicted molar refractivity (Wildman–Crippen MR) is 491 cm³/mol. The van der Waals surface area contributed by atoms with E-state index in [-0.39, 0.29) is 10.7 Å². The molecule has 0 aromatic heterocycles. The summed E-state index contributed by atoms with van der Waals surface area (Å²) >= 11 is 42.4. The van der Waals surface area contributed by atoms with Crippen LogP contribution in [0.3, 0.4) is 0 Å². The number of fused-ring (bicyclic) bond motifs is 14. The summed E-state index contributed by atoms with van der Waals surface area (Å²) < 4.78 is 147. The first-order valence-corrected chi connectivity index (χ1v) is 47.6. The maximum atomic E-state index is 13.6. The number of nitrogens with zero attached hydrogens (tertiary/aromatic N) is 8. The van der Waals surface area contributed by atoms with E-state index in [9.17, 15) is 35.1 Å². The van der Waals surface area contributed by atoms with E-state index >= 15 is 0 Å². The molecule has 10 aromatic carbocycles. The maximum Gasteiger partial charge on any atom is 0.171 e. The molecule has 0 unspecified atom stereocenters. The summed E-state index contributed by atoms with van der Waals surface area (Å²) in [5.74, 6) is -7.78. The first-order valence-electron chi connectivity index (χ1n) is 34.9. The van der Waals surface area contributed by atoms with Gasteiger partial charge in [-0.2, -0.15) is 42.1 Å². The molecule has 0 atom stereocenters. The van der Waals surface area contributed by atoms with Crippen LogP contribution in [0.15, 0.2) is 199 Å². The summed E-state index contributed by atoms with van der Waals surface area (Å²) in [7, 11) is 0. The molecular weight excluding hydrogens is 1890 g/mol. The quantitative estimate of drug-likeness (QED) is 0.0781. The van der Waals surface area contributed by atoms with Gasteiger partial charge in [0.2, 0.25) is 0 Å². The minimum atomic E-state index is -2.03. The van der Waals surface area contributed by atoms with Gasteiger partial charge >= 0.3 is 0 Å². The summed E-state index contributed by atoms with van der Waals surface area (Å²) in [4.78, 5) is 5.03. The molecule has 10 aromatic rings. The molecule has 8 aliphatic heterocycles. The van der Waals surface area contributed by atoms with Crippen LogP contribution in [0.5, 0.6) is 23.0 Å². The number of rotatable bonds is 0. The summed E-state index contributed by atoms with van der Waals surface area (Å²) in [5.41, 5.74) is -0.275. The first kappa shape index (κ1) is 90.8. The first-order chi connectivity index (χ1) is 59.3. The SMILES string of the molecule is ClCCl.ClCCl.N#CC(C#N)=c1c(F)c(F)c(=C(C#N)C#N)c(F)c1F.N#CC(C#N)=c1c(F)c(F)c(=C(C#N)C#N)c(F)c1F.c1ccc2c3c(ccc2c1)OCC1=C(COc2ccc4ccccc4c2-3)SC(=C2SC3=C(SCCS3)S2)S1.c1ccc2c3c(ccc2c1)OCC1=C(COc2ccc4ccccc4c2-3)SC(=C2SC3=C(SCCS3)S2)S1. The summed E-state index contributed by atoms with van der Waals surface area (Å²) in [6.07, 6.45) is 0. The second-order valence-electron chi connectivity index (χ2n) is 24.6. The Morgan fingerprint density at radius 1 is 0.262 bits per heavy atom. The van der Waals surface area contributed by atoms with Crippen molar-refractivity contribution >= 4 is 253 Å². The zero-order valence-corrected chi connectivity index (χ0v) is 74.4. The van der Waals surface area contributed by atoms with E-state index in [0.29, 0.717) is 26.4 Å².